The summed E-state index contributed by atoms with van der Waals surface area (Å²) in [6.07, 6.45) is -9.49. The fraction of sp³-hybridized carbons (Fsp3) is 0.381. The molecule has 10 nitrogen and oxygen atoms in total. The van der Waals surface area contributed by atoms with E-state index in [1.54, 1.807) is 0 Å². The molecule has 7 atom stereocenters. The second-order valence-corrected chi connectivity index (χ2v) is 7.57. The third-order valence-electron chi connectivity index (χ3n) is 5.41. The lowest BCUT2D eigenvalue weighted by Crippen LogP contribution is -2.59. The summed E-state index contributed by atoms with van der Waals surface area (Å²) >= 11 is 0. The summed E-state index contributed by atoms with van der Waals surface area (Å²) in [6, 6.07) is 7.90. The number of hydrogen-bond acceptors (Lipinski definition) is 10. The molecule has 1 fully saturated rings. The number of benzene rings is 2. The number of rotatable bonds is 3. The van der Waals surface area contributed by atoms with Gasteiger partial charge >= 0.3 is 0 Å². The molecule has 2 aromatic carbocycles. The molecule has 0 radical (unpaired) electrons. The molecule has 31 heavy (non-hydrogen) atoms. The number of aliphatic hydroxyl groups is 3. The third kappa shape index (κ3) is 3.80. The second-order valence-electron chi connectivity index (χ2n) is 7.57. The van der Waals surface area contributed by atoms with E-state index in [-0.39, 0.29) is 22.8 Å². The number of aliphatic hydroxyl groups excluding tert-OH is 3. The second kappa shape index (κ2) is 7.98. The van der Waals surface area contributed by atoms with Crippen LogP contribution in [0.1, 0.15) is 28.9 Å². The maximum Gasteiger partial charge on any atom is 0.203 e. The fourth-order valence-electron chi connectivity index (χ4n) is 3.72. The monoisotopic (exact) mass is 434 g/mol. The average Bonchev–Trinajstić information content (AvgIpc) is 2.72. The number of ether oxygens (including phenoxy) is 3. The number of carbonyl (C=O) groups is 1. The third-order valence-corrected chi connectivity index (χ3v) is 5.41. The van der Waals surface area contributed by atoms with E-state index in [0.29, 0.717) is 5.56 Å². The maximum absolute atomic E-state index is 13.3. The van der Waals surface area contributed by atoms with Crippen molar-refractivity contribution in [3.05, 3.63) is 47.5 Å². The van der Waals surface area contributed by atoms with Gasteiger partial charge in [0.2, 0.25) is 5.78 Å². The summed E-state index contributed by atoms with van der Waals surface area (Å²) < 4.78 is 17.0. The molecule has 0 aromatic heterocycles. The Morgan fingerprint density at radius 2 is 1.58 bits per heavy atom. The zero-order valence-corrected chi connectivity index (χ0v) is 16.3. The van der Waals surface area contributed by atoms with Crippen LogP contribution in [0.25, 0.3) is 0 Å². The van der Waals surface area contributed by atoms with Crippen molar-refractivity contribution in [3.8, 4) is 23.0 Å². The number of fused-ring (bicyclic) bond motifs is 1. The molecule has 0 unspecified atom stereocenters. The van der Waals surface area contributed by atoms with Crippen LogP contribution in [-0.4, -0.2) is 73.2 Å². The van der Waals surface area contributed by atoms with Gasteiger partial charge in [0.15, 0.2) is 18.5 Å². The predicted octanol–water partition coefficient (Wildman–Crippen LogP) is 0.332. The number of phenolic OH excluding ortho intramolecular Hbond substituents is 3. The van der Waals surface area contributed by atoms with E-state index in [2.05, 4.69) is 0 Å². The van der Waals surface area contributed by atoms with Gasteiger partial charge in [0.05, 0.1) is 6.10 Å². The van der Waals surface area contributed by atoms with Crippen LogP contribution >= 0.6 is 0 Å². The Balaban J connectivity index is 1.73. The van der Waals surface area contributed by atoms with Gasteiger partial charge in [-0.2, -0.15) is 0 Å². The Morgan fingerprint density at radius 3 is 2.26 bits per heavy atom. The molecule has 10 heteroatoms. The minimum Gasteiger partial charge on any atom is -0.508 e. The van der Waals surface area contributed by atoms with Gasteiger partial charge in [0.1, 0.15) is 46.9 Å². The minimum absolute atomic E-state index is 0.0176. The van der Waals surface area contributed by atoms with Crippen molar-refractivity contribution in [2.45, 2.75) is 49.8 Å². The Kier molecular flexibility index (Phi) is 5.50. The molecular formula is C21H22O10. The molecule has 2 aliphatic heterocycles. The van der Waals surface area contributed by atoms with Crippen molar-refractivity contribution < 1.29 is 49.6 Å². The van der Waals surface area contributed by atoms with E-state index >= 15 is 0 Å². The Labute approximate surface area is 176 Å². The number of carbonyl (C=O) groups excluding carboxylic acids is 1. The molecule has 166 valence electrons. The van der Waals surface area contributed by atoms with Crippen molar-refractivity contribution in [3.63, 3.8) is 0 Å². The Hall–Kier alpha value is -2.89. The van der Waals surface area contributed by atoms with E-state index in [9.17, 15) is 35.4 Å². The van der Waals surface area contributed by atoms with Crippen LogP contribution < -0.4 is 4.74 Å². The summed E-state index contributed by atoms with van der Waals surface area (Å²) in [6.45, 7) is 1.47. The lowest BCUT2D eigenvalue weighted by Gasteiger charge is -2.42. The molecular weight excluding hydrogens is 412 g/mol. The Morgan fingerprint density at radius 1 is 0.903 bits per heavy atom. The number of phenols is 3. The van der Waals surface area contributed by atoms with Crippen molar-refractivity contribution in [1.29, 1.82) is 0 Å². The first-order valence-corrected chi connectivity index (χ1v) is 9.58. The van der Waals surface area contributed by atoms with E-state index < -0.39 is 54.4 Å². The molecule has 2 aliphatic rings. The zero-order chi connectivity index (χ0) is 22.4. The van der Waals surface area contributed by atoms with Gasteiger partial charge in [-0.25, -0.2) is 0 Å². The first-order valence-electron chi connectivity index (χ1n) is 9.58. The van der Waals surface area contributed by atoms with Gasteiger partial charge in [-0.05, 0) is 24.6 Å². The van der Waals surface area contributed by atoms with Crippen molar-refractivity contribution >= 4 is 5.78 Å². The standard InChI is InChI=1S/C21H22O10/c1-8-15(25)17(27)18(28)21(29-8)31-20-16(26)14-12(24)6-11(23)7-13(14)30-19(20)9-2-4-10(22)5-3-9/h2-8,15,17-25,27-28H,1H3/t8-,15-,17+,18-,19-,20-,21-/m0/s1. The summed E-state index contributed by atoms with van der Waals surface area (Å²) in [4.78, 5) is 13.3. The van der Waals surface area contributed by atoms with Gasteiger partial charge in [0.25, 0.3) is 0 Å². The molecule has 0 spiro atoms. The quantitative estimate of drug-likeness (QED) is 0.396. The normalized spacial score (nSPS) is 32.9. The highest BCUT2D eigenvalue weighted by atomic mass is 16.7. The van der Waals surface area contributed by atoms with E-state index in [0.717, 1.165) is 6.07 Å². The summed E-state index contributed by atoms with van der Waals surface area (Å²) in [5.74, 6) is -1.64. The molecule has 2 aromatic rings. The molecule has 4 rings (SSSR count). The van der Waals surface area contributed by atoms with Crippen molar-refractivity contribution in [2.24, 2.45) is 0 Å². The van der Waals surface area contributed by atoms with Crippen LogP contribution in [0.15, 0.2) is 36.4 Å². The maximum atomic E-state index is 13.3. The topological polar surface area (TPSA) is 166 Å². The van der Waals surface area contributed by atoms with Crippen LogP contribution in [-0.2, 0) is 9.47 Å². The van der Waals surface area contributed by atoms with Crippen LogP contribution in [0.4, 0.5) is 0 Å². The molecule has 0 aliphatic carbocycles. The van der Waals surface area contributed by atoms with E-state index in [1.807, 2.05) is 0 Å². The first-order chi connectivity index (χ1) is 14.7. The summed E-state index contributed by atoms with van der Waals surface area (Å²) in [7, 11) is 0. The molecule has 6 N–H and O–H groups in total. The summed E-state index contributed by atoms with van der Waals surface area (Å²) in [5.41, 5.74) is 0.195. The fourth-order valence-corrected chi connectivity index (χ4v) is 3.72. The number of Topliss-reactive ketones (excluding diaryl/α,β-unsaturated/α-hetero) is 1. The van der Waals surface area contributed by atoms with Gasteiger partial charge < -0.3 is 44.8 Å². The zero-order valence-electron chi connectivity index (χ0n) is 16.3. The van der Waals surface area contributed by atoms with Gasteiger partial charge in [-0.3, -0.25) is 4.79 Å². The first kappa shape index (κ1) is 21.3. The predicted molar refractivity (Wildman–Crippen MR) is 103 cm³/mol. The Bertz CT molecular complexity index is 975. The highest BCUT2D eigenvalue weighted by Crippen LogP contribution is 2.43. The number of hydrogen-bond donors (Lipinski definition) is 6. The highest BCUT2D eigenvalue weighted by molar-refractivity contribution is 6.05. The van der Waals surface area contributed by atoms with Crippen molar-refractivity contribution in [2.75, 3.05) is 0 Å². The van der Waals surface area contributed by atoms with Gasteiger partial charge in [-0.15, -0.1) is 0 Å². The van der Waals surface area contributed by atoms with Crippen LogP contribution in [0.5, 0.6) is 23.0 Å². The molecule has 2 heterocycles. The largest absolute Gasteiger partial charge is 0.508 e. The van der Waals surface area contributed by atoms with Crippen LogP contribution in [0.2, 0.25) is 0 Å². The SMILES string of the molecule is C[C@@H]1O[C@@H](O[C@H]2C(=O)c3c(O)cc(O)cc3O[C@H]2c2ccc(O)cc2)[C@@H](O)[C@H](O)[C@H]1O. The lowest BCUT2D eigenvalue weighted by molar-refractivity contribution is -0.304. The van der Waals surface area contributed by atoms with Gasteiger partial charge in [-0.1, -0.05) is 12.1 Å². The summed E-state index contributed by atoms with van der Waals surface area (Å²) in [5, 5.41) is 59.8. The number of aromatic hydroxyl groups is 3. The van der Waals surface area contributed by atoms with E-state index in [4.69, 9.17) is 14.2 Å². The molecule has 0 amide bonds. The smallest absolute Gasteiger partial charge is 0.203 e. The highest BCUT2D eigenvalue weighted by Gasteiger charge is 2.48. The molecule has 0 bridgehead atoms. The van der Waals surface area contributed by atoms with Crippen LogP contribution in [0, 0.1) is 0 Å². The average molecular weight is 434 g/mol. The number of ketones is 1. The van der Waals surface area contributed by atoms with Gasteiger partial charge in [0, 0.05) is 12.1 Å². The van der Waals surface area contributed by atoms with E-state index in [1.165, 1.54) is 37.3 Å². The molecule has 0 saturated carbocycles. The lowest BCUT2D eigenvalue weighted by atomic mass is 9.92. The van der Waals surface area contributed by atoms with Crippen molar-refractivity contribution in [1.82, 2.24) is 0 Å². The van der Waals surface area contributed by atoms with Crippen LogP contribution in [0.3, 0.4) is 0 Å². The minimum atomic E-state index is -1.66. The molecule has 1 saturated heterocycles.